The molecule has 3 fully saturated rings. The van der Waals surface area contributed by atoms with Crippen molar-refractivity contribution in [1.29, 1.82) is 0 Å². The molecule has 14 atom stereocenters. The van der Waals surface area contributed by atoms with Gasteiger partial charge in [-0.2, -0.15) is 0 Å². The minimum Gasteiger partial charge on any atom is -0.488 e. The molecular formula is C53H76N2O12. The lowest BCUT2D eigenvalue weighted by molar-refractivity contribution is -0.302. The summed E-state index contributed by atoms with van der Waals surface area (Å²) in [6.45, 7) is 13.2. The van der Waals surface area contributed by atoms with E-state index in [2.05, 4.69) is 35.4 Å². The van der Waals surface area contributed by atoms with Crippen LogP contribution < -0.4 is 4.74 Å². The zero-order valence-corrected chi connectivity index (χ0v) is 41.2. The molecule has 4 aliphatic rings. The molecule has 2 N–H and O–H groups in total. The van der Waals surface area contributed by atoms with E-state index in [1.807, 2.05) is 46.2 Å². The molecule has 4 heterocycles. The van der Waals surface area contributed by atoms with Crippen LogP contribution in [-0.4, -0.2) is 126 Å². The predicted octanol–water partition coefficient (Wildman–Crippen LogP) is 7.22. The number of amides is 1. The van der Waals surface area contributed by atoms with Gasteiger partial charge in [0.15, 0.2) is 0 Å². The van der Waals surface area contributed by atoms with Crippen LogP contribution in [0.3, 0.4) is 0 Å². The molecule has 14 heteroatoms. The number of allylic oxidation sites excluding steroid dienone is 3. The molecule has 0 radical (unpaired) electrons. The third kappa shape index (κ3) is 11.8. The van der Waals surface area contributed by atoms with Crippen molar-refractivity contribution in [2.45, 2.75) is 160 Å². The van der Waals surface area contributed by atoms with E-state index >= 15 is 0 Å². The maximum atomic E-state index is 14.6. The number of hydrogen-bond donors (Lipinski definition) is 2. The lowest BCUT2D eigenvalue weighted by Crippen LogP contribution is -2.64. The lowest BCUT2D eigenvalue weighted by atomic mass is 9.81. The van der Waals surface area contributed by atoms with Crippen LogP contribution in [0.1, 0.15) is 105 Å². The number of aryl methyl sites for hydroxylation is 1. The van der Waals surface area contributed by atoms with E-state index in [4.69, 9.17) is 28.4 Å². The van der Waals surface area contributed by atoms with Gasteiger partial charge in [-0.25, -0.2) is 4.79 Å². The van der Waals surface area contributed by atoms with Gasteiger partial charge >= 0.3 is 5.97 Å². The third-order valence-corrected chi connectivity index (χ3v) is 15.1. The first-order valence-electron chi connectivity index (χ1n) is 24.4. The molecule has 0 spiro atoms. The summed E-state index contributed by atoms with van der Waals surface area (Å²) in [6, 6.07) is 7.07. The molecule has 2 saturated heterocycles. The number of esters is 1. The number of fused-ring (bicyclic) bond motifs is 4. The zero-order valence-electron chi connectivity index (χ0n) is 41.2. The molecule has 14 nitrogen and oxygen atoms in total. The summed E-state index contributed by atoms with van der Waals surface area (Å²) in [5.74, 6) is -6.73. The first-order chi connectivity index (χ1) is 31.9. The molecule has 1 amide bonds. The van der Waals surface area contributed by atoms with Crippen LogP contribution in [0.5, 0.6) is 5.75 Å². The van der Waals surface area contributed by atoms with E-state index in [-0.39, 0.29) is 62.1 Å². The number of carbonyl (C=O) groups excluding carboxylic acids is 4. The second-order valence-corrected chi connectivity index (χ2v) is 19.9. The molecular weight excluding hydrogens is 857 g/mol. The summed E-state index contributed by atoms with van der Waals surface area (Å²) in [5.41, 5.74) is 2.54. The molecule has 1 aromatic carbocycles. The Labute approximate surface area is 397 Å². The first kappa shape index (κ1) is 52.2. The number of ketones is 2. The highest BCUT2D eigenvalue weighted by atomic mass is 16.7. The van der Waals surface area contributed by atoms with Gasteiger partial charge in [-0.3, -0.25) is 14.4 Å². The van der Waals surface area contributed by atoms with Gasteiger partial charge in [0.1, 0.15) is 35.9 Å². The summed E-state index contributed by atoms with van der Waals surface area (Å²) in [5, 5.41) is 24.9. The van der Waals surface area contributed by atoms with Gasteiger partial charge < -0.3 is 48.1 Å². The Kier molecular flexibility index (Phi) is 17.9. The number of carbonyl (C=O) groups is 4. The molecule has 6 rings (SSSR count). The van der Waals surface area contributed by atoms with Gasteiger partial charge in [0.05, 0.1) is 24.4 Å². The smallest absolute Gasteiger partial charge is 0.329 e. The van der Waals surface area contributed by atoms with Gasteiger partial charge in [-0.1, -0.05) is 39.0 Å². The summed E-state index contributed by atoms with van der Waals surface area (Å²) < 4.78 is 39.1. The molecule has 2 bridgehead atoms. The molecule has 2 aromatic rings. The van der Waals surface area contributed by atoms with Gasteiger partial charge in [-0.05, 0) is 131 Å². The fourth-order valence-electron chi connectivity index (χ4n) is 11.0. The van der Waals surface area contributed by atoms with E-state index in [9.17, 15) is 29.4 Å². The number of piperidine rings is 1. The van der Waals surface area contributed by atoms with Crippen molar-refractivity contribution < 1.29 is 57.8 Å². The van der Waals surface area contributed by atoms with Crippen LogP contribution in [0.25, 0.3) is 10.9 Å². The van der Waals surface area contributed by atoms with Crippen LogP contribution in [0.2, 0.25) is 0 Å². The molecule has 67 heavy (non-hydrogen) atoms. The van der Waals surface area contributed by atoms with Crippen molar-refractivity contribution in [2.24, 2.45) is 36.6 Å². The zero-order chi connectivity index (χ0) is 48.7. The number of rotatable bonds is 9. The number of aliphatic hydroxyl groups is 2. The average Bonchev–Trinajstić information content (AvgIpc) is 3.70. The highest BCUT2D eigenvalue weighted by molar-refractivity contribution is 6.39. The Hall–Kier alpha value is -4.18. The number of Topliss-reactive ketones (excluding diaryl/α,β-unsaturated/α-hetero) is 2. The standard InChI is InChI=1S/C53H76N2O12/c1-11-14-38-26-32(3)47(57)33(4)27-45(63-9)49-46(64-10)28-35(6)53(61,67-49)50(58)51(59)55-23-13-12-15-41(55)52(60)66-48(31(2)16-20-42(38)56)34(5)25-36-17-21-43(44(29-36)62-8)65-39-18-19-40-37(30-39)22-24-54(40)7/h11,18-19,22,24-26,30-31,33,35-36,38,41,43-49,57,61H,1,12-17,20-21,23,27-29H2,2-10H3. The van der Waals surface area contributed by atoms with E-state index in [1.54, 1.807) is 27.0 Å². The minimum atomic E-state index is -2.55. The van der Waals surface area contributed by atoms with E-state index < -0.39 is 77.8 Å². The monoisotopic (exact) mass is 933 g/mol. The second-order valence-electron chi connectivity index (χ2n) is 19.9. The number of benzene rings is 1. The highest BCUT2D eigenvalue weighted by Crippen LogP contribution is 2.40. The second kappa shape index (κ2) is 23.0. The first-order valence-corrected chi connectivity index (χ1v) is 24.4. The fraction of sp³-hybridized carbons (Fsp3) is 0.660. The molecule has 1 saturated carbocycles. The van der Waals surface area contributed by atoms with Crippen molar-refractivity contribution in [3.8, 4) is 5.75 Å². The summed E-state index contributed by atoms with van der Waals surface area (Å²) >= 11 is 0. The van der Waals surface area contributed by atoms with Crippen LogP contribution in [0.15, 0.2) is 66.4 Å². The van der Waals surface area contributed by atoms with Gasteiger partial charge in [0.25, 0.3) is 11.7 Å². The molecule has 14 unspecified atom stereocenters. The van der Waals surface area contributed by atoms with Crippen LogP contribution in [0, 0.1) is 29.6 Å². The molecule has 370 valence electrons. The Balaban J connectivity index is 1.30. The van der Waals surface area contributed by atoms with Gasteiger partial charge in [0, 0.05) is 70.3 Å². The average molecular weight is 933 g/mol. The molecule has 3 aliphatic heterocycles. The summed E-state index contributed by atoms with van der Waals surface area (Å²) in [7, 11) is 6.69. The largest absolute Gasteiger partial charge is 0.488 e. The maximum absolute atomic E-state index is 14.6. The quantitative estimate of drug-likeness (QED) is 0.147. The number of methoxy groups -OCH3 is 3. The van der Waals surface area contributed by atoms with Gasteiger partial charge in [-0.15, -0.1) is 6.58 Å². The Morgan fingerprint density at radius 1 is 0.910 bits per heavy atom. The van der Waals surface area contributed by atoms with Crippen LogP contribution in [0.4, 0.5) is 0 Å². The van der Waals surface area contributed by atoms with Gasteiger partial charge in [0.2, 0.25) is 5.79 Å². The summed E-state index contributed by atoms with van der Waals surface area (Å²) in [6.07, 6.45) is 8.19. The van der Waals surface area contributed by atoms with Crippen LogP contribution in [-0.2, 0) is 49.9 Å². The number of cyclic esters (lactones) is 1. The Bertz CT molecular complexity index is 2130. The van der Waals surface area contributed by atoms with E-state index in [0.29, 0.717) is 37.7 Å². The topological polar surface area (TPSA) is 172 Å². The van der Waals surface area contributed by atoms with E-state index in [1.165, 1.54) is 19.1 Å². The Morgan fingerprint density at radius 3 is 2.33 bits per heavy atom. The van der Waals surface area contributed by atoms with E-state index in [0.717, 1.165) is 35.1 Å². The molecule has 1 aliphatic carbocycles. The SMILES string of the molecule is C=CCC1C=C(C)C(O)C(C)CC(OC)C2OC(O)(C(=O)C(=O)N3CCCCC3C(=O)OC(C(C)=CC3CCC(Oc4ccc5c(ccn5C)c4)C(OC)C3)C(C)CCC1=O)C(C)CC2OC. The highest BCUT2D eigenvalue weighted by Gasteiger charge is 2.56. The predicted molar refractivity (Wildman–Crippen MR) is 254 cm³/mol. The maximum Gasteiger partial charge on any atom is 0.329 e. The summed E-state index contributed by atoms with van der Waals surface area (Å²) in [4.78, 5) is 58.6. The normalized spacial score (nSPS) is 35.9. The van der Waals surface area contributed by atoms with Crippen molar-refractivity contribution in [2.75, 3.05) is 27.9 Å². The number of hydrogen-bond acceptors (Lipinski definition) is 12. The number of ether oxygens (including phenoxy) is 6. The van der Waals surface area contributed by atoms with Crippen molar-refractivity contribution >= 4 is 34.3 Å². The Morgan fingerprint density at radius 2 is 1.63 bits per heavy atom. The lowest BCUT2D eigenvalue weighted by Gasteiger charge is -2.47. The molecule has 1 aromatic heterocycles. The minimum absolute atomic E-state index is 0.0273. The number of aliphatic hydroxyl groups excluding tert-OH is 1. The fourth-order valence-corrected chi connectivity index (χ4v) is 11.0. The van der Waals surface area contributed by atoms with Crippen molar-refractivity contribution in [1.82, 2.24) is 9.47 Å². The van der Waals surface area contributed by atoms with Crippen LogP contribution >= 0.6 is 0 Å². The number of nitrogens with zero attached hydrogens (tertiary/aromatic N) is 2. The third-order valence-electron chi connectivity index (χ3n) is 15.1. The number of aromatic nitrogens is 1. The van der Waals surface area contributed by atoms with Crippen molar-refractivity contribution in [3.63, 3.8) is 0 Å². The van der Waals surface area contributed by atoms with Crippen molar-refractivity contribution in [3.05, 3.63) is 66.4 Å².